The Labute approximate surface area is 131 Å². The molecule has 2 rings (SSSR count). The van der Waals surface area contributed by atoms with Gasteiger partial charge in [0.25, 0.3) is 0 Å². The van der Waals surface area contributed by atoms with Crippen LogP contribution in [-0.2, 0) is 11.8 Å². The smallest absolute Gasteiger partial charge is 0.137 e. The van der Waals surface area contributed by atoms with Crippen molar-refractivity contribution in [3.63, 3.8) is 0 Å². The number of halogens is 1. The largest absolute Gasteiger partial charge is 0.369 e. The molecule has 0 atom stereocenters. The van der Waals surface area contributed by atoms with Gasteiger partial charge >= 0.3 is 0 Å². The first-order chi connectivity index (χ1) is 9.88. The zero-order valence-corrected chi connectivity index (χ0v) is 13.8. The molecule has 0 fully saturated rings. The first kappa shape index (κ1) is 15.8. The lowest BCUT2D eigenvalue weighted by Gasteiger charge is -2.19. The second-order valence-corrected chi connectivity index (χ2v) is 6.58. The van der Waals surface area contributed by atoms with Gasteiger partial charge in [-0.1, -0.05) is 62.7 Å². The van der Waals surface area contributed by atoms with Gasteiger partial charge in [0.05, 0.1) is 0 Å². The maximum atomic E-state index is 6.23. The van der Waals surface area contributed by atoms with Gasteiger partial charge in [-0.15, -0.1) is 0 Å². The third kappa shape index (κ3) is 4.18. The molecular formula is C17H22ClN3. The Bertz CT molecular complexity index is 603. The number of anilines is 1. The Morgan fingerprint density at radius 3 is 2.38 bits per heavy atom. The molecule has 3 nitrogen and oxygen atoms in total. The molecule has 0 spiro atoms. The lowest BCUT2D eigenvalue weighted by molar-refractivity contribution is 0.545. The lowest BCUT2D eigenvalue weighted by Crippen LogP contribution is -2.19. The van der Waals surface area contributed by atoms with Crippen LogP contribution >= 0.6 is 11.6 Å². The van der Waals surface area contributed by atoms with Crippen LogP contribution < -0.4 is 5.32 Å². The summed E-state index contributed by atoms with van der Waals surface area (Å²) >= 11 is 6.23. The standard InChI is InChI=1S/C17H22ClN3/c1-12-14(18)20-16(17(2,3)4)21-15(12)19-11-10-13-8-6-5-7-9-13/h5-9H,10-11H2,1-4H3,(H,19,20,21). The van der Waals surface area contributed by atoms with Crippen LogP contribution in [0.2, 0.25) is 5.15 Å². The van der Waals surface area contributed by atoms with Crippen molar-refractivity contribution in [3.8, 4) is 0 Å². The molecule has 0 saturated carbocycles. The van der Waals surface area contributed by atoms with Gasteiger partial charge in [0.15, 0.2) is 0 Å². The van der Waals surface area contributed by atoms with Crippen LogP contribution in [0, 0.1) is 6.92 Å². The summed E-state index contributed by atoms with van der Waals surface area (Å²) < 4.78 is 0. The van der Waals surface area contributed by atoms with Crippen molar-refractivity contribution in [1.82, 2.24) is 9.97 Å². The Hall–Kier alpha value is -1.61. The molecule has 4 heteroatoms. The molecule has 2 aromatic rings. The van der Waals surface area contributed by atoms with Crippen molar-refractivity contribution >= 4 is 17.4 Å². The van der Waals surface area contributed by atoms with Crippen molar-refractivity contribution < 1.29 is 0 Å². The van der Waals surface area contributed by atoms with Gasteiger partial charge in [-0.05, 0) is 18.9 Å². The predicted molar refractivity (Wildman–Crippen MR) is 89.1 cm³/mol. The molecule has 112 valence electrons. The van der Waals surface area contributed by atoms with Crippen LogP contribution in [-0.4, -0.2) is 16.5 Å². The molecule has 21 heavy (non-hydrogen) atoms. The van der Waals surface area contributed by atoms with E-state index < -0.39 is 0 Å². The number of rotatable bonds is 4. The average molecular weight is 304 g/mol. The van der Waals surface area contributed by atoms with Crippen LogP contribution in [0.5, 0.6) is 0 Å². The minimum absolute atomic E-state index is 0.118. The van der Waals surface area contributed by atoms with E-state index in [-0.39, 0.29) is 5.41 Å². The van der Waals surface area contributed by atoms with Gasteiger partial charge in [0.1, 0.15) is 16.8 Å². The number of hydrogen-bond donors (Lipinski definition) is 1. The second kappa shape index (κ2) is 6.44. The molecule has 0 saturated heterocycles. The van der Waals surface area contributed by atoms with Crippen LogP contribution in [0.25, 0.3) is 0 Å². The van der Waals surface area contributed by atoms with Crippen molar-refractivity contribution in [2.45, 2.75) is 39.5 Å². The van der Waals surface area contributed by atoms with E-state index in [9.17, 15) is 0 Å². The fourth-order valence-electron chi connectivity index (χ4n) is 1.97. The Balaban J connectivity index is 2.11. The zero-order valence-electron chi connectivity index (χ0n) is 13.1. The van der Waals surface area contributed by atoms with Crippen LogP contribution in [0.3, 0.4) is 0 Å². The van der Waals surface area contributed by atoms with Crippen LogP contribution in [0.4, 0.5) is 5.82 Å². The molecule has 0 aliphatic rings. The summed E-state index contributed by atoms with van der Waals surface area (Å²) in [6.07, 6.45) is 0.951. The minimum Gasteiger partial charge on any atom is -0.369 e. The number of hydrogen-bond acceptors (Lipinski definition) is 3. The van der Waals surface area contributed by atoms with Crippen LogP contribution in [0.15, 0.2) is 30.3 Å². The van der Waals surface area contributed by atoms with E-state index >= 15 is 0 Å². The molecule has 0 radical (unpaired) electrons. The summed E-state index contributed by atoms with van der Waals surface area (Å²) in [6, 6.07) is 10.4. The SMILES string of the molecule is Cc1c(Cl)nc(C(C)(C)C)nc1NCCc1ccccc1. The van der Waals surface area contributed by atoms with Gasteiger partial charge < -0.3 is 5.32 Å². The average Bonchev–Trinajstić information content (AvgIpc) is 2.43. The first-order valence-electron chi connectivity index (χ1n) is 7.20. The topological polar surface area (TPSA) is 37.8 Å². The molecule has 1 N–H and O–H groups in total. The van der Waals surface area contributed by atoms with Gasteiger partial charge in [-0.3, -0.25) is 0 Å². The first-order valence-corrected chi connectivity index (χ1v) is 7.58. The highest BCUT2D eigenvalue weighted by Crippen LogP contribution is 2.26. The quantitative estimate of drug-likeness (QED) is 0.851. The number of benzene rings is 1. The van der Waals surface area contributed by atoms with E-state index in [2.05, 4.69) is 60.3 Å². The normalized spacial score (nSPS) is 11.5. The van der Waals surface area contributed by atoms with E-state index in [0.717, 1.165) is 30.2 Å². The molecule has 0 aliphatic heterocycles. The van der Waals surface area contributed by atoms with Crippen LogP contribution in [0.1, 0.15) is 37.7 Å². The summed E-state index contributed by atoms with van der Waals surface area (Å²) in [6.45, 7) is 9.02. The lowest BCUT2D eigenvalue weighted by atomic mass is 9.95. The van der Waals surface area contributed by atoms with Crippen molar-refractivity contribution in [3.05, 3.63) is 52.4 Å². The van der Waals surface area contributed by atoms with Gasteiger partial charge in [-0.2, -0.15) is 0 Å². The van der Waals surface area contributed by atoms with E-state index in [1.807, 2.05) is 13.0 Å². The monoisotopic (exact) mass is 303 g/mol. The molecule has 1 heterocycles. The summed E-state index contributed by atoms with van der Waals surface area (Å²) in [7, 11) is 0. The molecule has 0 aliphatic carbocycles. The highest BCUT2D eigenvalue weighted by atomic mass is 35.5. The third-order valence-corrected chi connectivity index (χ3v) is 3.67. The highest BCUT2D eigenvalue weighted by molar-refractivity contribution is 6.30. The number of aromatic nitrogens is 2. The van der Waals surface area contributed by atoms with Crippen molar-refractivity contribution in [1.29, 1.82) is 0 Å². The highest BCUT2D eigenvalue weighted by Gasteiger charge is 2.20. The summed E-state index contributed by atoms with van der Waals surface area (Å²) in [4.78, 5) is 9.01. The maximum Gasteiger partial charge on any atom is 0.137 e. The maximum absolute atomic E-state index is 6.23. The number of nitrogens with zero attached hydrogens (tertiary/aromatic N) is 2. The molecule has 0 unspecified atom stereocenters. The van der Waals surface area contributed by atoms with E-state index in [0.29, 0.717) is 5.15 Å². The fraction of sp³-hybridized carbons (Fsp3) is 0.412. The van der Waals surface area contributed by atoms with Crippen molar-refractivity contribution in [2.75, 3.05) is 11.9 Å². The van der Waals surface area contributed by atoms with E-state index in [1.165, 1.54) is 5.56 Å². The van der Waals surface area contributed by atoms with Gasteiger partial charge in [0.2, 0.25) is 0 Å². The van der Waals surface area contributed by atoms with Crippen molar-refractivity contribution in [2.24, 2.45) is 0 Å². The molecule has 1 aromatic carbocycles. The second-order valence-electron chi connectivity index (χ2n) is 6.22. The van der Waals surface area contributed by atoms with Gasteiger partial charge in [-0.25, -0.2) is 9.97 Å². The number of nitrogens with one attached hydrogen (secondary N) is 1. The molecule has 0 amide bonds. The fourth-order valence-corrected chi connectivity index (χ4v) is 2.14. The van der Waals surface area contributed by atoms with Gasteiger partial charge in [0, 0.05) is 17.5 Å². The molecular weight excluding hydrogens is 282 g/mol. The molecule has 1 aromatic heterocycles. The predicted octanol–water partition coefficient (Wildman–Crippen LogP) is 4.39. The summed E-state index contributed by atoms with van der Waals surface area (Å²) in [5.41, 5.74) is 2.09. The Morgan fingerprint density at radius 1 is 1.10 bits per heavy atom. The van der Waals surface area contributed by atoms with E-state index in [1.54, 1.807) is 0 Å². The summed E-state index contributed by atoms with van der Waals surface area (Å²) in [5, 5.41) is 3.90. The minimum atomic E-state index is -0.118. The Morgan fingerprint density at radius 2 is 1.76 bits per heavy atom. The molecule has 0 bridgehead atoms. The Kier molecular flexibility index (Phi) is 4.84. The third-order valence-electron chi connectivity index (χ3n) is 3.31. The van der Waals surface area contributed by atoms with E-state index in [4.69, 9.17) is 11.6 Å². The zero-order chi connectivity index (χ0) is 15.5. The summed E-state index contributed by atoms with van der Waals surface area (Å²) in [5.74, 6) is 1.59.